The van der Waals surface area contributed by atoms with E-state index in [1.54, 1.807) is 38.1 Å². The molecule has 0 atom stereocenters. The molecule has 0 aliphatic carbocycles. The third-order valence-electron chi connectivity index (χ3n) is 4.00. The first-order valence-electron chi connectivity index (χ1n) is 8.28. The Balaban J connectivity index is 1.81. The molecule has 3 aromatic rings. The van der Waals surface area contributed by atoms with E-state index < -0.39 is 47.3 Å². The number of ether oxygens (including phenoxy) is 1. The van der Waals surface area contributed by atoms with Crippen LogP contribution in [0, 0.1) is 42.9 Å². The van der Waals surface area contributed by atoms with Crippen LogP contribution in [0.25, 0.3) is 0 Å². The maximum absolute atomic E-state index is 13.7. The average molecular weight is 463 g/mol. The number of halogens is 6. The van der Waals surface area contributed by atoms with Crippen LogP contribution in [0.5, 0.6) is 5.75 Å². The van der Waals surface area contributed by atoms with Crippen molar-refractivity contribution in [1.82, 2.24) is 9.78 Å². The quantitative estimate of drug-likeness (QED) is 0.276. The summed E-state index contributed by atoms with van der Waals surface area (Å²) in [6.07, 6.45) is 0. The fourth-order valence-corrected chi connectivity index (χ4v) is 3.60. The van der Waals surface area contributed by atoms with E-state index in [9.17, 15) is 26.7 Å². The van der Waals surface area contributed by atoms with E-state index in [0.717, 1.165) is 9.58 Å². The molecule has 3 rings (SSSR count). The van der Waals surface area contributed by atoms with Gasteiger partial charge in [-0.1, -0.05) is 23.4 Å². The normalized spacial score (nSPS) is 11.1. The molecule has 30 heavy (non-hydrogen) atoms. The van der Waals surface area contributed by atoms with Crippen molar-refractivity contribution in [3.8, 4) is 5.75 Å². The van der Waals surface area contributed by atoms with E-state index in [2.05, 4.69) is 9.84 Å². The van der Waals surface area contributed by atoms with Crippen LogP contribution in [0.3, 0.4) is 0 Å². The number of hydrogen-bond donors (Lipinski definition) is 0. The van der Waals surface area contributed by atoms with E-state index in [1.807, 2.05) is 0 Å². The average Bonchev–Trinajstić information content (AvgIpc) is 3.00. The molecule has 11 heteroatoms. The zero-order chi connectivity index (χ0) is 22.2. The second-order valence-corrected chi connectivity index (χ2v) is 7.57. The molecular formula is C19H12ClF5N2O2S. The molecule has 1 heterocycles. The van der Waals surface area contributed by atoms with Crippen LogP contribution in [0.1, 0.15) is 16.2 Å². The highest BCUT2D eigenvalue weighted by atomic mass is 35.5. The van der Waals surface area contributed by atoms with Gasteiger partial charge in [0, 0.05) is 9.92 Å². The number of carbonyl (C=O) groups is 1. The van der Waals surface area contributed by atoms with E-state index in [0.29, 0.717) is 21.3 Å². The lowest BCUT2D eigenvalue weighted by Crippen LogP contribution is -2.23. The number of rotatable bonds is 5. The molecule has 0 spiro atoms. The molecule has 0 saturated heterocycles. The third-order valence-corrected chi connectivity index (χ3v) is 5.56. The Morgan fingerprint density at radius 2 is 1.53 bits per heavy atom. The van der Waals surface area contributed by atoms with E-state index in [1.165, 1.54) is 11.8 Å². The van der Waals surface area contributed by atoms with Gasteiger partial charge in [-0.2, -0.15) is 13.9 Å². The van der Waals surface area contributed by atoms with E-state index >= 15 is 0 Å². The molecule has 0 amide bonds. The van der Waals surface area contributed by atoms with Crippen LogP contribution >= 0.6 is 23.4 Å². The second kappa shape index (κ2) is 8.65. The van der Waals surface area contributed by atoms with Gasteiger partial charge in [-0.15, -0.1) is 0 Å². The molecule has 1 aromatic heterocycles. The summed E-state index contributed by atoms with van der Waals surface area (Å²) in [5.41, 5.74) is 0.912. The van der Waals surface area contributed by atoms with Gasteiger partial charge in [0.05, 0.1) is 16.3 Å². The molecule has 0 bridgehead atoms. The SMILES string of the molecule is Cc1nn(C(=O)COc2c(F)c(F)c(F)c(F)c2F)c(C)c1Sc1ccc(Cl)cc1. The third kappa shape index (κ3) is 4.15. The topological polar surface area (TPSA) is 44.1 Å². The first kappa shape index (κ1) is 22.1. The smallest absolute Gasteiger partial charge is 0.285 e. The molecule has 0 aliphatic rings. The van der Waals surface area contributed by atoms with Crippen LogP contribution in [-0.2, 0) is 0 Å². The van der Waals surface area contributed by atoms with Gasteiger partial charge in [0.2, 0.25) is 29.1 Å². The molecule has 2 aromatic carbocycles. The summed E-state index contributed by atoms with van der Waals surface area (Å²) in [6, 6.07) is 6.94. The summed E-state index contributed by atoms with van der Waals surface area (Å²) in [4.78, 5) is 13.9. The van der Waals surface area contributed by atoms with Crippen LogP contribution < -0.4 is 4.74 Å². The molecule has 0 fully saturated rings. The van der Waals surface area contributed by atoms with Crippen molar-refractivity contribution in [1.29, 1.82) is 0 Å². The molecule has 0 aliphatic heterocycles. The summed E-state index contributed by atoms with van der Waals surface area (Å²) in [6.45, 7) is 2.25. The number of benzene rings is 2. The van der Waals surface area contributed by atoms with E-state index in [4.69, 9.17) is 11.6 Å². The van der Waals surface area contributed by atoms with Crippen LogP contribution in [0.4, 0.5) is 22.0 Å². The van der Waals surface area contributed by atoms with Gasteiger partial charge in [0.15, 0.2) is 12.4 Å². The number of nitrogens with zero attached hydrogens (tertiary/aromatic N) is 2. The zero-order valence-electron chi connectivity index (χ0n) is 15.4. The van der Waals surface area contributed by atoms with E-state index in [-0.39, 0.29) is 0 Å². The fourth-order valence-electron chi connectivity index (χ4n) is 2.55. The number of hydrogen-bond acceptors (Lipinski definition) is 4. The summed E-state index contributed by atoms with van der Waals surface area (Å²) in [5, 5.41) is 4.63. The molecule has 0 N–H and O–H groups in total. The highest BCUT2D eigenvalue weighted by Gasteiger charge is 2.28. The molecule has 0 radical (unpaired) electrons. The Morgan fingerprint density at radius 3 is 2.10 bits per heavy atom. The number of aryl methyl sites for hydroxylation is 1. The van der Waals surface area contributed by atoms with Crippen molar-refractivity contribution in [2.24, 2.45) is 0 Å². The molecule has 0 saturated carbocycles. The predicted molar refractivity (Wildman–Crippen MR) is 99.6 cm³/mol. The van der Waals surface area contributed by atoms with Crippen molar-refractivity contribution < 1.29 is 31.5 Å². The lowest BCUT2D eigenvalue weighted by Gasteiger charge is -2.10. The van der Waals surface area contributed by atoms with Gasteiger partial charge in [-0.3, -0.25) is 4.79 Å². The van der Waals surface area contributed by atoms with Crippen molar-refractivity contribution in [3.63, 3.8) is 0 Å². The van der Waals surface area contributed by atoms with Crippen LogP contribution in [0.15, 0.2) is 34.1 Å². The highest BCUT2D eigenvalue weighted by Crippen LogP contribution is 2.33. The zero-order valence-corrected chi connectivity index (χ0v) is 17.0. The van der Waals surface area contributed by atoms with Crippen molar-refractivity contribution in [2.75, 3.05) is 6.61 Å². The van der Waals surface area contributed by atoms with Gasteiger partial charge in [0.25, 0.3) is 5.91 Å². The Hall–Kier alpha value is -2.59. The molecule has 4 nitrogen and oxygen atoms in total. The van der Waals surface area contributed by atoms with Gasteiger partial charge < -0.3 is 4.74 Å². The van der Waals surface area contributed by atoms with Gasteiger partial charge in [-0.25, -0.2) is 17.9 Å². The lowest BCUT2D eigenvalue weighted by molar-refractivity contribution is 0.0809. The van der Waals surface area contributed by atoms with Crippen LogP contribution in [-0.4, -0.2) is 22.3 Å². The second-order valence-electron chi connectivity index (χ2n) is 6.05. The van der Waals surface area contributed by atoms with Crippen molar-refractivity contribution in [3.05, 3.63) is 69.8 Å². The van der Waals surface area contributed by atoms with Gasteiger partial charge >= 0.3 is 0 Å². The number of carbonyl (C=O) groups excluding carboxylic acids is 1. The predicted octanol–water partition coefficient (Wildman–Crippen LogP) is 5.72. The first-order chi connectivity index (χ1) is 14.1. The fraction of sp³-hybridized carbons (Fsp3) is 0.158. The van der Waals surface area contributed by atoms with Crippen LogP contribution in [0.2, 0.25) is 5.02 Å². The number of aromatic nitrogens is 2. The summed E-state index contributed by atoms with van der Waals surface area (Å²) < 4.78 is 72.5. The van der Waals surface area contributed by atoms with Gasteiger partial charge in [0.1, 0.15) is 0 Å². The summed E-state index contributed by atoms with van der Waals surface area (Å²) in [5.74, 6) is -13.4. The summed E-state index contributed by atoms with van der Waals surface area (Å²) in [7, 11) is 0. The lowest BCUT2D eigenvalue weighted by atomic mass is 10.2. The Bertz CT molecular complexity index is 1110. The van der Waals surface area contributed by atoms with Crippen molar-refractivity contribution >= 4 is 29.3 Å². The van der Waals surface area contributed by atoms with Gasteiger partial charge in [-0.05, 0) is 38.1 Å². The molecule has 158 valence electrons. The minimum Gasteiger partial charge on any atom is -0.477 e. The molecule has 0 unspecified atom stereocenters. The largest absolute Gasteiger partial charge is 0.477 e. The maximum Gasteiger partial charge on any atom is 0.285 e. The standard InChI is InChI=1S/C19H12ClF5N2O2S/c1-8-19(30-11-5-3-10(20)4-6-11)9(2)27(26-8)12(28)7-29-18-16(24)14(22)13(21)15(23)17(18)25/h3-6H,7H2,1-2H3. The monoisotopic (exact) mass is 462 g/mol. The summed E-state index contributed by atoms with van der Waals surface area (Å²) >= 11 is 7.17. The molecular weight excluding hydrogens is 451 g/mol. The highest BCUT2D eigenvalue weighted by molar-refractivity contribution is 7.99. The van der Waals surface area contributed by atoms with Crippen molar-refractivity contribution in [2.45, 2.75) is 23.6 Å². The minimum atomic E-state index is -2.31. The Kier molecular flexibility index (Phi) is 6.37. The maximum atomic E-state index is 13.7. The first-order valence-corrected chi connectivity index (χ1v) is 9.48. The Labute approximate surface area is 176 Å². The Morgan fingerprint density at radius 1 is 1.00 bits per heavy atom. The minimum absolute atomic E-state index is 0.415.